The lowest BCUT2D eigenvalue weighted by atomic mass is 10.3. The van der Waals surface area contributed by atoms with Crippen LogP contribution in [0.4, 0.5) is 0 Å². The van der Waals surface area contributed by atoms with Crippen LogP contribution < -0.4 is 0 Å². The highest BCUT2D eigenvalue weighted by Crippen LogP contribution is 2.24. The molecule has 2 heterocycles. The Balaban J connectivity index is 2.32. The lowest BCUT2D eigenvalue weighted by Crippen LogP contribution is -1.96. The van der Waals surface area contributed by atoms with E-state index >= 15 is 0 Å². The second kappa shape index (κ2) is 4.14. The monoisotopic (exact) mass is 221 g/mol. The van der Waals surface area contributed by atoms with Crippen molar-refractivity contribution in [3.05, 3.63) is 29.5 Å². The molecule has 0 spiro atoms. The predicted molar refractivity (Wildman–Crippen MR) is 54.5 cm³/mol. The molecule has 0 aliphatic heterocycles. The van der Waals surface area contributed by atoms with Gasteiger partial charge in [-0.1, -0.05) is 0 Å². The van der Waals surface area contributed by atoms with Gasteiger partial charge in [-0.2, -0.15) is 10.2 Å². The number of hydrogen-bond donors (Lipinski definition) is 0. The summed E-state index contributed by atoms with van der Waals surface area (Å²) in [7, 11) is 1.34. The highest BCUT2D eigenvalue weighted by Gasteiger charge is 2.11. The zero-order chi connectivity index (χ0) is 10.7. The number of esters is 1. The minimum atomic E-state index is -0.374. The predicted octanol–water partition coefficient (Wildman–Crippen LogP) is 1.39. The van der Waals surface area contributed by atoms with Gasteiger partial charge in [-0.05, 0) is 6.07 Å². The van der Waals surface area contributed by atoms with E-state index in [0.717, 1.165) is 10.6 Å². The largest absolute Gasteiger partial charge is 0.465 e. The Morgan fingerprint density at radius 3 is 2.93 bits per heavy atom. The average molecular weight is 221 g/mol. The molecule has 15 heavy (non-hydrogen) atoms. The van der Waals surface area contributed by atoms with E-state index in [0.29, 0.717) is 4.88 Å². The normalized spacial score (nSPS) is 9.93. The van der Waals surface area contributed by atoms with Gasteiger partial charge >= 0.3 is 5.97 Å². The van der Waals surface area contributed by atoms with Gasteiger partial charge in [0.15, 0.2) is 0 Å². The first-order valence-corrected chi connectivity index (χ1v) is 4.94. The van der Waals surface area contributed by atoms with Crippen molar-refractivity contribution in [2.45, 2.75) is 0 Å². The quantitative estimate of drug-likeness (QED) is 0.717. The maximum atomic E-state index is 11.2. The number of carbonyl (C=O) groups is 1. The Labute approximate surface area is 89.8 Å². The molecule has 0 aromatic carbocycles. The summed E-state index contributed by atoms with van der Waals surface area (Å²) in [5.41, 5.74) is 0.838. The molecule has 5 nitrogen and oxygen atoms in total. The van der Waals surface area contributed by atoms with Crippen molar-refractivity contribution >= 4 is 17.3 Å². The van der Waals surface area contributed by atoms with Crippen LogP contribution in [0.15, 0.2) is 24.7 Å². The molecular formula is C9H7N3O2S. The van der Waals surface area contributed by atoms with Crippen molar-refractivity contribution in [2.24, 2.45) is 0 Å². The van der Waals surface area contributed by atoms with Crippen LogP contribution in [0, 0.1) is 0 Å². The molecule has 0 unspecified atom stereocenters. The van der Waals surface area contributed by atoms with Gasteiger partial charge in [0, 0.05) is 5.56 Å². The van der Waals surface area contributed by atoms with Crippen LogP contribution in [-0.2, 0) is 4.74 Å². The summed E-state index contributed by atoms with van der Waals surface area (Å²) in [6.07, 6.45) is 4.67. The minimum Gasteiger partial charge on any atom is -0.465 e. The van der Waals surface area contributed by atoms with Crippen LogP contribution in [0.25, 0.3) is 10.6 Å². The molecule has 0 saturated heterocycles. The van der Waals surface area contributed by atoms with Crippen LogP contribution >= 0.6 is 11.3 Å². The molecule has 76 valence electrons. The molecule has 0 fully saturated rings. The molecular weight excluding hydrogens is 214 g/mol. The summed E-state index contributed by atoms with van der Waals surface area (Å²) in [6, 6.07) is 1.78. The number of rotatable bonds is 2. The highest BCUT2D eigenvalue weighted by molar-refractivity contribution is 7.16. The number of thiazole rings is 1. The second-order valence-electron chi connectivity index (χ2n) is 2.65. The molecule has 0 atom stereocenters. The van der Waals surface area contributed by atoms with Crippen LogP contribution in [0.3, 0.4) is 0 Å². The smallest absolute Gasteiger partial charge is 0.349 e. The molecule has 2 aromatic heterocycles. The van der Waals surface area contributed by atoms with Gasteiger partial charge in [0.2, 0.25) is 0 Å². The molecule has 6 heteroatoms. The van der Waals surface area contributed by atoms with Gasteiger partial charge in [-0.3, -0.25) is 0 Å². The molecule has 2 aromatic rings. The van der Waals surface area contributed by atoms with Crippen molar-refractivity contribution in [1.29, 1.82) is 0 Å². The van der Waals surface area contributed by atoms with Gasteiger partial charge in [-0.15, -0.1) is 11.3 Å². The zero-order valence-corrected chi connectivity index (χ0v) is 8.69. The average Bonchev–Trinajstić information content (AvgIpc) is 2.78. The van der Waals surface area contributed by atoms with E-state index < -0.39 is 0 Å². The first kappa shape index (κ1) is 9.72. The summed E-state index contributed by atoms with van der Waals surface area (Å²) in [4.78, 5) is 15.8. The first-order chi connectivity index (χ1) is 7.31. The van der Waals surface area contributed by atoms with Gasteiger partial charge in [-0.25, -0.2) is 9.78 Å². The van der Waals surface area contributed by atoms with Gasteiger partial charge in [0.05, 0.1) is 25.7 Å². The number of carbonyl (C=O) groups excluding carboxylic acids is 1. The van der Waals surface area contributed by atoms with Gasteiger partial charge < -0.3 is 4.74 Å². The third-order valence-corrected chi connectivity index (χ3v) is 2.75. The van der Waals surface area contributed by atoms with Gasteiger partial charge in [0.25, 0.3) is 0 Å². The first-order valence-electron chi connectivity index (χ1n) is 4.12. The fraction of sp³-hybridized carbons (Fsp3) is 0.111. The summed E-state index contributed by atoms with van der Waals surface area (Å²) in [5.74, 6) is -0.374. The fourth-order valence-corrected chi connectivity index (χ4v) is 1.84. The minimum absolute atomic E-state index is 0.374. The molecule has 0 aliphatic rings. The molecule has 0 N–H and O–H groups in total. The van der Waals surface area contributed by atoms with Crippen molar-refractivity contribution in [2.75, 3.05) is 7.11 Å². The van der Waals surface area contributed by atoms with Crippen LogP contribution in [0.2, 0.25) is 0 Å². The highest BCUT2D eigenvalue weighted by atomic mass is 32.1. The Hall–Kier alpha value is -1.82. The maximum absolute atomic E-state index is 11.2. The molecule has 0 bridgehead atoms. The summed E-state index contributed by atoms with van der Waals surface area (Å²) >= 11 is 1.27. The van der Waals surface area contributed by atoms with Crippen LogP contribution in [0.5, 0.6) is 0 Å². The molecule has 2 rings (SSSR count). The zero-order valence-electron chi connectivity index (χ0n) is 7.88. The topological polar surface area (TPSA) is 65.0 Å². The summed E-state index contributed by atoms with van der Waals surface area (Å²) < 4.78 is 4.59. The molecule has 0 aliphatic carbocycles. The van der Waals surface area contributed by atoms with Crippen molar-refractivity contribution in [1.82, 2.24) is 15.2 Å². The van der Waals surface area contributed by atoms with E-state index in [-0.39, 0.29) is 5.97 Å². The van der Waals surface area contributed by atoms with E-state index in [1.807, 2.05) is 0 Å². The molecule has 0 radical (unpaired) electrons. The van der Waals surface area contributed by atoms with Gasteiger partial charge in [0.1, 0.15) is 9.88 Å². The third-order valence-electron chi connectivity index (χ3n) is 1.72. The number of nitrogens with zero attached hydrogens (tertiary/aromatic N) is 3. The summed E-state index contributed by atoms with van der Waals surface area (Å²) in [5, 5.41) is 8.13. The SMILES string of the molecule is COC(=O)c1cnc(-c2ccnnc2)s1. The van der Waals surface area contributed by atoms with Crippen molar-refractivity contribution in [3.8, 4) is 10.6 Å². The molecule has 0 amide bonds. The van der Waals surface area contributed by atoms with E-state index in [1.54, 1.807) is 18.5 Å². The van der Waals surface area contributed by atoms with Crippen LogP contribution in [0.1, 0.15) is 9.67 Å². The Morgan fingerprint density at radius 2 is 2.27 bits per heavy atom. The number of hydrogen-bond acceptors (Lipinski definition) is 6. The Bertz CT molecular complexity index is 469. The second-order valence-corrected chi connectivity index (χ2v) is 3.68. The third kappa shape index (κ3) is 1.99. The van der Waals surface area contributed by atoms with Crippen molar-refractivity contribution < 1.29 is 9.53 Å². The van der Waals surface area contributed by atoms with Crippen LogP contribution in [-0.4, -0.2) is 28.3 Å². The van der Waals surface area contributed by atoms with Crippen molar-refractivity contribution in [3.63, 3.8) is 0 Å². The number of methoxy groups -OCH3 is 1. The summed E-state index contributed by atoms with van der Waals surface area (Å²) in [6.45, 7) is 0. The fourth-order valence-electron chi connectivity index (χ4n) is 1.02. The number of aromatic nitrogens is 3. The maximum Gasteiger partial charge on any atom is 0.349 e. The van der Waals surface area contributed by atoms with E-state index in [4.69, 9.17) is 0 Å². The van der Waals surface area contributed by atoms with E-state index in [1.165, 1.54) is 24.6 Å². The Kier molecular flexibility index (Phi) is 2.68. The van der Waals surface area contributed by atoms with E-state index in [9.17, 15) is 4.79 Å². The number of ether oxygens (including phenoxy) is 1. The Morgan fingerprint density at radius 1 is 1.40 bits per heavy atom. The lowest BCUT2D eigenvalue weighted by molar-refractivity contribution is 0.0606. The standard InChI is InChI=1S/C9H7N3O2S/c1-14-9(13)7-5-10-8(15-7)6-2-3-11-12-4-6/h2-5H,1H3. The molecule has 0 saturated carbocycles. The van der Waals surface area contributed by atoms with E-state index in [2.05, 4.69) is 19.9 Å². The lowest BCUT2D eigenvalue weighted by Gasteiger charge is -1.92.